The topological polar surface area (TPSA) is 127 Å². The summed E-state index contributed by atoms with van der Waals surface area (Å²) < 4.78 is 0. The van der Waals surface area contributed by atoms with Crippen molar-refractivity contribution in [3.63, 3.8) is 0 Å². The molecule has 4 N–H and O–H groups in total. The van der Waals surface area contributed by atoms with Crippen molar-refractivity contribution in [2.45, 2.75) is 58.5 Å². The Hall–Kier alpha value is -1.76. The first-order valence-corrected chi connectivity index (χ1v) is 8.87. The molecule has 3 rings (SSSR count). The van der Waals surface area contributed by atoms with Crippen LogP contribution < -0.4 is 11.1 Å². The Kier molecular flexibility index (Phi) is 4.06. The molecule has 0 aromatic heterocycles. The third-order valence-electron chi connectivity index (χ3n) is 7.21. The predicted octanol–water partition coefficient (Wildman–Crippen LogP) is 0.504. The van der Waals surface area contributed by atoms with Crippen LogP contribution in [-0.2, 0) is 19.2 Å². The zero-order valence-electron chi connectivity index (χ0n) is 14.9. The fraction of sp³-hybridized carbons (Fsp3) is 0.778. The Morgan fingerprint density at radius 2 is 1.96 bits per heavy atom. The third kappa shape index (κ3) is 2.43. The van der Waals surface area contributed by atoms with Crippen LogP contribution >= 0.6 is 0 Å². The van der Waals surface area contributed by atoms with Gasteiger partial charge < -0.3 is 16.2 Å². The van der Waals surface area contributed by atoms with E-state index >= 15 is 0 Å². The highest BCUT2D eigenvalue weighted by Crippen LogP contribution is 2.70. The average Bonchev–Trinajstić information content (AvgIpc) is 3.01. The number of amides is 1. The maximum Gasteiger partial charge on any atom is 0.305 e. The number of aliphatic carboxylic acids is 1. The van der Waals surface area contributed by atoms with E-state index in [2.05, 4.69) is 12.2 Å². The Labute approximate surface area is 146 Å². The Morgan fingerprint density at radius 1 is 1.32 bits per heavy atom. The highest BCUT2D eigenvalue weighted by Gasteiger charge is 2.70. The monoisotopic (exact) mass is 350 g/mol. The van der Waals surface area contributed by atoms with Gasteiger partial charge in [0.05, 0.1) is 12.5 Å². The molecule has 3 aliphatic rings. The SMILES string of the molecule is CC1C(=O)C(NC(=O)[C@@H](N)CC(=O)O)C(=O)C2C3(C)CCC(C3)C12C. The van der Waals surface area contributed by atoms with Gasteiger partial charge in [0.2, 0.25) is 5.91 Å². The van der Waals surface area contributed by atoms with Crippen LogP contribution in [0, 0.1) is 28.6 Å². The van der Waals surface area contributed by atoms with Gasteiger partial charge in [-0.2, -0.15) is 0 Å². The summed E-state index contributed by atoms with van der Waals surface area (Å²) in [5.74, 6) is -2.71. The fourth-order valence-electron chi connectivity index (χ4n) is 5.84. The van der Waals surface area contributed by atoms with E-state index < -0.39 is 30.4 Å². The normalized spacial score (nSPS) is 43.7. The highest BCUT2D eigenvalue weighted by atomic mass is 16.4. The van der Waals surface area contributed by atoms with E-state index in [0.29, 0.717) is 5.92 Å². The van der Waals surface area contributed by atoms with E-state index in [1.807, 2.05) is 13.8 Å². The number of rotatable bonds is 4. The van der Waals surface area contributed by atoms with Crippen molar-refractivity contribution < 1.29 is 24.3 Å². The molecule has 7 atom stereocenters. The summed E-state index contributed by atoms with van der Waals surface area (Å²) in [7, 11) is 0. The van der Waals surface area contributed by atoms with Crippen LogP contribution in [0.2, 0.25) is 0 Å². The molecule has 138 valence electrons. The van der Waals surface area contributed by atoms with Crippen molar-refractivity contribution in [1.82, 2.24) is 5.32 Å². The minimum absolute atomic E-state index is 0.127. The van der Waals surface area contributed by atoms with Gasteiger partial charge in [-0.1, -0.05) is 20.8 Å². The number of ketones is 2. The lowest BCUT2D eigenvalue weighted by Crippen LogP contribution is -2.64. The van der Waals surface area contributed by atoms with Gasteiger partial charge in [-0.05, 0) is 36.0 Å². The number of nitrogens with two attached hydrogens (primary N) is 1. The minimum Gasteiger partial charge on any atom is -0.481 e. The second-order valence-corrected chi connectivity index (χ2v) is 8.57. The van der Waals surface area contributed by atoms with Gasteiger partial charge in [0.25, 0.3) is 0 Å². The second kappa shape index (κ2) is 5.62. The van der Waals surface area contributed by atoms with Crippen LogP contribution in [-0.4, -0.2) is 40.6 Å². The van der Waals surface area contributed by atoms with Crippen molar-refractivity contribution in [3.05, 3.63) is 0 Å². The van der Waals surface area contributed by atoms with Crippen LogP contribution in [0.25, 0.3) is 0 Å². The number of nitrogens with one attached hydrogen (secondary N) is 1. The lowest BCUT2D eigenvalue weighted by Gasteiger charge is -2.51. The third-order valence-corrected chi connectivity index (χ3v) is 7.21. The summed E-state index contributed by atoms with van der Waals surface area (Å²) in [5.41, 5.74) is 5.08. The summed E-state index contributed by atoms with van der Waals surface area (Å²) in [4.78, 5) is 48.9. The van der Waals surface area contributed by atoms with E-state index in [0.717, 1.165) is 19.3 Å². The van der Waals surface area contributed by atoms with E-state index in [-0.39, 0.29) is 34.2 Å². The molecular weight excluding hydrogens is 324 g/mol. The number of hydrogen-bond acceptors (Lipinski definition) is 5. The van der Waals surface area contributed by atoms with Crippen LogP contribution in [0.3, 0.4) is 0 Å². The predicted molar refractivity (Wildman–Crippen MR) is 88.4 cm³/mol. The molecule has 0 aromatic rings. The molecule has 2 bridgehead atoms. The zero-order valence-corrected chi connectivity index (χ0v) is 14.9. The van der Waals surface area contributed by atoms with Crippen molar-refractivity contribution in [1.29, 1.82) is 0 Å². The Bertz CT molecular complexity index is 662. The number of Topliss-reactive ketones (excluding diaryl/α,β-unsaturated/α-hetero) is 2. The molecule has 0 aliphatic heterocycles. The molecule has 0 saturated heterocycles. The van der Waals surface area contributed by atoms with Gasteiger partial charge in [-0.25, -0.2) is 0 Å². The maximum absolute atomic E-state index is 13.2. The molecule has 0 radical (unpaired) electrons. The second-order valence-electron chi connectivity index (χ2n) is 8.57. The summed E-state index contributed by atoms with van der Waals surface area (Å²) in [6.45, 7) is 6.00. The van der Waals surface area contributed by atoms with E-state index in [4.69, 9.17) is 10.8 Å². The van der Waals surface area contributed by atoms with Gasteiger partial charge in [0.15, 0.2) is 11.6 Å². The Morgan fingerprint density at radius 3 is 2.56 bits per heavy atom. The number of carbonyl (C=O) groups is 4. The molecular formula is C18H26N2O5. The molecule has 25 heavy (non-hydrogen) atoms. The number of fused-ring (bicyclic) bond motifs is 5. The highest BCUT2D eigenvalue weighted by molar-refractivity contribution is 6.13. The van der Waals surface area contributed by atoms with Gasteiger partial charge in [-0.15, -0.1) is 0 Å². The molecule has 3 saturated carbocycles. The van der Waals surface area contributed by atoms with Crippen LogP contribution in [0.1, 0.15) is 46.5 Å². The van der Waals surface area contributed by atoms with E-state index in [1.165, 1.54) is 0 Å². The van der Waals surface area contributed by atoms with Crippen molar-refractivity contribution >= 4 is 23.4 Å². The van der Waals surface area contributed by atoms with Gasteiger partial charge in [0, 0.05) is 11.8 Å². The van der Waals surface area contributed by atoms with Crippen molar-refractivity contribution in [2.75, 3.05) is 0 Å². The molecule has 1 amide bonds. The molecule has 7 nitrogen and oxygen atoms in total. The van der Waals surface area contributed by atoms with Gasteiger partial charge in [0.1, 0.15) is 6.04 Å². The molecule has 3 fully saturated rings. The maximum atomic E-state index is 13.2. The number of hydrogen-bond donors (Lipinski definition) is 3. The zero-order chi connectivity index (χ0) is 18.7. The molecule has 3 aliphatic carbocycles. The molecule has 0 heterocycles. The van der Waals surface area contributed by atoms with E-state index in [9.17, 15) is 19.2 Å². The first kappa shape index (κ1) is 18.0. The molecule has 6 unspecified atom stereocenters. The van der Waals surface area contributed by atoms with Gasteiger partial charge in [-0.3, -0.25) is 19.2 Å². The smallest absolute Gasteiger partial charge is 0.305 e. The standard InChI is InChI=1S/C18H26N2O5/c1-8-13(23)12(20-16(25)10(19)6-11(21)22)14(24)15-17(2)5-4-9(7-17)18(8,15)3/h8-10,12,15H,4-7,19H2,1-3H3,(H,20,25)(H,21,22)/t8?,9?,10-,12?,15?,17?,18?/m0/s1. The van der Waals surface area contributed by atoms with Crippen LogP contribution in [0.5, 0.6) is 0 Å². The molecule has 0 aromatic carbocycles. The summed E-state index contributed by atoms with van der Waals surface area (Å²) in [5, 5.41) is 11.2. The number of carboxylic acids is 1. The van der Waals surface area contributed by atoms with Crippen LogP contribution in [0.4, 0.5) is 0 Å². The van der Waals surface area contributed by atoms with Crippen molar-refractivity contribution in [3.8, 4) is 0 Å². The molecule has 7 heteroatoms. The fourth-order valence-corrected chi connectivity index (χ4v) is 5.84. The first-order valence-electron chi connectivity index (χ1n) is 8.87. The summed E-state index contributed by atoms with van der Waals surface area (Å²) in [6.07, 6.45) is 2.40. The van der Waals surface area contributed by atoms with Crippen molar-refractivity contribution in [2.24, 2.45) is 34.3 Å². The van der Waals surface area contributed by atoms with E-state index in [1.54, 1.807) is 0 Å². The first-order chi connectivity index (χ1) is 11.5. The van der Waals surface area contributed by atoms with Crippen LogP contribution in [0.15, 0.2) is 0 Å². The summed E-state index contributed by atoms with van der Waals surface area (Å²) >= 11 is 0. The minimum atomic E-state index is -1.28. The Balaban J connectivity index is 1.86. The largest absolute Gasteiger partial charge is 0.481 e. The number of carboxylic acid groups (broad SMARTS) is 1. The quantitative estimate of drug-likeness (QED) is 0.634. The molecule has 0 spiro atoms. The van der Waals surface area contributed by atoms with Gasteiger partial charge >= 0.3 is 5.97 Å². The lowest BCUT2D eigenvalue weighted by atomic mass is 9.51. The average molecular weight is 350 g/mol. The number of carbonyl (C=O) groups excluding carboxylic acids is 3. The lowest BCUT2D eigenvalue weighted by molar-refractivity contribution is -0.156. The summed E-state index contributed by atoms with van der Waals surface area (Å²) in [6, 6.07) is -2.49.